The number of anilines is 1. The molecule has 0 unspecified atom stereocenters. The highest BCUT2D eigenvalue weighted by atomic mass is 35.5. The van der Waals surface area contributed by atoms with Crippen LogP contribution >= 0.6 is 23.2 Å². The Bertz CT molecular complexity index is 720. The summed E-state index contributed by atoms with van der Waals surface area (Å²) >= 11 is 11.7. The second-order valence-electron chi connectivity index (χ2n) is 4.43. The molecule has 0 spiro atoms. The molecule has 0 aromatic heterocycles. The molecule has 0 heterocycles. The van der Waals surface area contributed by atoms with E-state index in [1.165, 1.54) is 18.2 Å². The maximum absolute atomic E-state index is 12.1. The number of nitrogens with one attached hydrogen (secondary N) is 1. The van der Waals surface area contributed by atoms with Crippen LogP contribution in [0.15, 0.2) is 48.5 Å². The molecule has 7 heteroatoms. The second kappa shape index (κ2) is 6.66. The lowest BCUT2D eigenvalue weighted by Gasteiger charge is -2.14. The summed E-state index contributed by atoms with van der Waals surface area (Å²) in [4.78, 5) is 0. The minimum Gasteiger partial charge on any atom is -0.387 e. The third-order valence-corrected chi connectivity index (χ3v) is 4.59. The molecule has 2 rings (SSSR count). The summed E-state index contributed by atoms with van der Waals surface area (Å²) < 4.78 is 26.5. The van der Waals surface area contributed by atoms with E-state index in [2.05, 4.69) is 4.72 Å². The molecule has 0 aliphatic heterocycles. The second-order valence-corrected chi connectivity index (χ2v) is 7.04. The molecular formula is C14H13Cl2NO3S. The summed E-state index contributed by atoms with van der Waals surface area (Å²) in [6, 6.07) is 13.0. The maximum Gasteiger partial charge on any atom is 0.235 e. The number of hydrogen-bond acceptors (Lipinski definition) is 3. The van der Waals surface area contributed by atoms with Crippen molar-refractivity contribution in [1.29, 1.82) is 0 Å². The molecule has 0 fully saturated rings. The van der Waals surface area contributed by atoms with Crippen LogP contribution in [0.25, 0.3) is 0 Å². The smallest absolute Gasteiger partial charge is 0.235 e. The highest BCUT2D eigenvalue weighted by Gasteiger charge is 2.19. The van der Waals surface area contributed by atoms with Gasteiger partial charge in [-0.15, -0.1) is 0 Å². The summed E-state index contributed by atoms with van der Waals surface area (Å²) in [6.45, 7) is 0. The zero-order valence-electron chi connectivity index (χ0n) is 10.8. The predicted octanol–water partition coefficient (Wildman–Crippen LogP) is 3.47. The van der Waals surface area contributed by atoms with Gasteiger partial charge in [0.2, 0.25) is 10.0 Å². The van der Waals surface area contributed by atoms with Crippen LogP contribution in [0.4, 0.5) is 5.69 Å². The largest absolute Gasteiger partial charge is 0.387 e. The standard InChI is InChI=1S/C14H13Cl2NO3S/c15-11-6-7-13(12(16)8-11)17-21(19,20)9-14(18)10-4-2-1-3-5-10/h1-8,14,17-18H,9H2/t14-/m1/s1. The summed E-state index contributed by atoms with van der Waals surface area (Å²) in [5.74, 6) is -0.462. The van der Waals surface area contributed by atoms with E-state index in [9.17, 15) is 13.5 Å². The molecule has 0 amide bonds. The number of benzene rings is 2. The van der Waals surface area contributed by atoms with Crippen molar-refractivity contribution in [2.24, 2.45) is 0 Å². The van der Waals surface area contributed by atoms with E-state index >= 15 is 0 Å². The average molecular weight is 346 g/mol. The Morgan fingerprint density at radius 3 is 2.38 bits per heavy atom. The van der Waals surface area contributed by atoms with Crippen molar-refractivity contribution in [3.63, 3.8) is 0 Å². The summed E-state index contributed by atoms with van der Waals surface area (Å²) in [5, 5.41) is 10.6. The summed E-state index contributed by atoms with van der Waals surface area (Å²) in [7, 11) is -3.74. The molecule has 0 aliphatic rings. The molecule has 0 radical (unpaired) electrons. The zero-order valence-corrected chi connectivity index (χ0v) is 13.2. The van der Waals surface area contributed by atoms with Crippen molar-refractivity contribution in [3.8, 4) is 0 Å². The minimum atomic E-state index is -3.74. The van der Waals surface area contributed by atoms with Crippen LogP contribution in [0, 0.1) is 0 Å². The van der Waals surface area contributed by atoms with Crippen LogP contribution in [-0.2, 0) is 10.0 Å². The van der Waals surface area contributed by atoms with Crippen molar-refractivity contribution in [2.75, 3.05) is 10.5 Å². The van der Waals surface area contributed by atoms with E-state index in [0.29, 0.717) is 10.6 Å². The lowest BCUT2D eigenvalue weighted by atomic mass is 10.1. The molecule has 2 aromatic carbocycles. The first kappa shape index (κ1) is 16.1. The first-order chi connectivity index (χ1) is 9.87. The number of sulfonamides is 1. The van der Waals surface area contributed by atoms with Crippen LogP contribution in [-0.4, -0.2) is 19.3 Å². The van der Waals surface area contributed by atoms with E-state index < -0.39 is 21.9 Å². The quantitative estimate of drug-likeness (QED) is 0.871. The fourth-order valence-electron chi connectivity index (χ4n) is 1.76. The van der Waals surface area contributed by atoms with Crippen molar-refractivity contribution in [1.82, 2.24) is 0 Å². The van der Waals surface area contributed by atoms with Crippen LogP contribution in [0.1, 0.15) is 11.7 Å². The highest BCUT2D eigenvalue weighted by Crippen LogP contribution is 2.27. The molecule has 0 saturated heterocycles. The minimum absolute atomic E-state index is 0.195. The van der Waals surface area contributed by atoms with Crippen LogP contribution in [0.2, 0.25) is 10.0 Å². The maximum atomic E-state index is 12.1. The van der Waals surface area contributed by atoms with Gasteiger partial charge in [-0.3, -0.25) is 4.72 Å². The number of aliphatic hydroxyl groups is 1. The van der Waals surface area contributed by atoms with Gasteiger partial charge in [0.25, 0.3) is 0 Å². The molecule has 4 nitrogen and oxygen atoms in total. The van der Waals surface area contributed by atoms with Crippen molar-refractivity contribution in [2.45, 2.75) is 6.10 Å². The first-order valence-electron chi connectivity index (χ1n) is 6.06. The molecule has 0 saturated carbocycles. The van der Waals surface area contributed by atoms with Crippen molar-refractivity contribution >= 4 is 38.9 Å². The Kier molecular flexibility index (Phi) is 5.11. The van der Waals surface area contributed by atoms with E-state index in [-0.39, 0.29) is 10.7 Å². The van der Waals surface area contributed by atoms with Crippen LogP contribution in [0.5, 0.6) is 0 Å². The lowest BCUT2D eigenvalue weighted by molar-refractivity contribution is 0.202. The predicted molar refractivity (Wildman–Crippen MR) is 85.3 cm³/mol. The third-order valence-electron chi connectivity index (χ3n) is 2.76. The molecule has 1 atom stereocenters. The average Bonchev–Trinajstić information content (AvgIpc) is 2.42. The normalized spacial score (nSPS) is 12.9. The molecule has 0 aliphatic carbocycles. The molecular weight excluding hydrogens is 333 g/mol. The zero-order chi connectivity index (χ0) is 15.5. The number of aliphatic hydroxyl groups excluding tert-OH is 1. The molecule has 0 bridgehead atoms. The van der Waals surface area contributed by atoms with E-state index in [4.69, 9.17) is 23.2 Å². The monoisotopic (exact) mass is 345 g/mol. The van der Waals surface area contributed by atoms with E-state index in [1.807, 2.05) is 0 Å². The third kappa shape index (κ3) is 4.61. The Morgan fingerprint density at radius 2 is 1.76 bits per heavy atom. The lowest BCUT2D eigenvalue weighted by Crippen LogP contribution is -2.21. The van der Waals surface area contributed by atoms with Gasteiger partial charge in [0, 0.05) is 5.02 Å². The molecule has 112 valence electrons. The topological polar surface area (TPSA) is 66.4 Å². The van der Waals surface area contributed by atoms with Crippen LogP contribution in [0.3, 0.4) is 0 Å². The molecule has 21 heavy (non-hydrogen) atoms. The Labute approximate surface area is 133 Å². The Hall–Kier alpha value is -1.27. The van der Waals surface area contributed by atoms with Gasteiger partial charge in [-0.05, 0) is 23.8 Å². The van der Waals surface area contributed by atoms with Crippen LogP contribution < -0.4 is 4.72 Å². The summed E-state index contributed by atoms with van der Waals surface area (Å²) in [6.07, 6.45) is -1.12. The number of hydrogen-bond donors (Lipinski definition) is 2. The summed E-state index contributed by atoms with van der Waals surface area (Å²) in [5.41, 5.74) is 0.756. The number of rotatable bonds is 5. The molecule has 2 N–H and O–H groups in total. The van der Waals surface area contributed by atoms with Gasteiger partial charge in [-0.1, -0.05) is 53.5 Å². The molecule has 2 aromatic rings. The van der Waals surface area contributed by atoms with Crippen molar-refractivity contribution in [3.05, 3.63) is 64.1 Å². The van der Waals surface area contributed by atoms with E-state index in [1.54, 1.807) is 30.3 Å². The fraction of sp³-hybridized carbons (Fsp3) is 0.143. The van der Waals surface area contributed by atoms with Gasteiger partial charge < -0.3 is 5.11 Å². The highest BCUT2D eigenvalue weighted by molar-refractivity contribution is 7.92. The van der Waals surface area contributed by atoms with Gasteiger partial charge in [0.1, 0.15) is 0 Å². The van der Waals surface area contributed by atoms with Crippen molar-refractivity contribution < 1.29 is 13.5 Å². The Balaban J connectivity index is 2.12. The van der Waals surface area contributed by atoms with Gasteiger partial charge >= 0.3 is 0 Å². The van der Waals surface area contributed by atoms with E-state index in [0.717, 1.165) is 0 Å². The van der Waals surface area contributed by atoms with Gasteiger partial charge in [0.05, 0.1) is 22.6 Å². The Morgan fingerprint density at radius 1 is 1.10 bits per heavy atom. The first-order valence-corrected chi connectivity index (χ1v) is 8.47. The van der Waals surface area contributed by atoms with Gasteiger partial charge in [-0.2, -0.15) is 0 Å². The SMILES string of the molecule is O=S(=O)(C[C@@H](O)c1ccccc1)Nc1ccc(Cl)cc1Cl. The van der Waals surface area contributed by atoms with Gasteiger partial charge in [-0.25, -0.2) is 8.42 Å². The number of halogens is 2. The van der Waals surface area contributed by atoms with Gasteiger partial charge in [0.15, 0.2) is 0 Å². The fourth-order valence-corrected chi connectivity index (χ4v) is 3.48.